The number of hydrogen-bond acceptors (Lipinski definition) is 4. The van der Waals surface area contributed by atoms with Crippen molar-refractivity contribution in [3.05, 3.63) is 82.4 Å². The van der Waals surface area contributed by atoms with Gasteiger partial charge in [-0.3, -0.25) is 4.79 Å². The number of aromatic nitrogens is 2. The van der Waals surface area contributed by atoms with Crippen LogP contribution in [0.3, 0.4) is 0 Å². The van der Waals surface area contributed by atoms with E-state index in [1.807, 2.05) is 19.1 Å². The van der Waals surface area contributed by atoms with Crippen LogP contribution in [0.5, 0.6) is 0 Å². The quantitative estimate of drug-likeness (QED) is 0.704. The lowest BCUT2D eigenvalue weighted by Crippen LogP contribution is -2.24. The van der Waals surface area contributed by atoms with E-state index in [-0.39, 0.29) is 24.0 Å². The molecule has 0 aliphatic heterocycles. The number of rotatable bonds is 5. The predicted octanol–water partition coefficient (Wildman–Crippen LogP) is 4.25. The molecule has 26 heavy (non-hydrogen) atoms. The molecule has 5 nitrogen and oxygen atoms in total. The van der Waals surface area contributed by atoms with Gasteiger partial charge >= 0.3 is 0 Å². The first-order valence-corrected chi connectivity index (χ1v) is 8.29. The van der Waals surface area contributed by atoms with E-state index in [0.717, 1.165) is 11.3 Å². The van der Waals surface area contributed by atoms with Crippen LogP contribution in [-0.4, -0.2) is 15.9 Å². The number of benzene rings is 2. The number of nitrogens with zero attached hydrogens (tertiary/aromatic N) is 2. The summed E-state index contributed by atoms with van der Waals surface area (Å²) < 4.78 is 13.6. The highest BCUT2D eigenvalue weighted by Gasteiger charge is 2.11. The van der Waals surface area contributed by atoms with Gasteiger partial charge in [0.1, 0.15) is 11.5 Å². The summed E-state index contributed by atoms with van der Waals surface area (Å²) >= 11 is 6.10. The van der Waals surface area contributed by atoms with E-state index in [1.54, 1.807) is 24.3 Å². The average Bonchev–Trinajstić information content (AvgIpc) is 2.65. The molecule has 132 valence electrons. The van der Waals surface area contributed by atoms with Crippen LogP contribution in [0, 0.1) is 12.7 Å². The van der Waals surface area contributed by atoms with Crippen LogP contribution < -0.4 is 10.6 Å². The van der Waals surface area contributed by atoms with Gasteiger partial charge in [0.25, 0.3) is 5.91 Å². The van der Waals surface area contributed by atoms with E-state index in [4.69, 9.17) is 11.6 Å². The van der Waals surface area contributed by atoms with Crippen LogP contribution in [0.1, 0.15) is 21.6 Å². The zero-order valence-corrected chi connectivity index (χ0v) is 14.7. The smallest absolute Gasteiger partial charge is 0.270 e. The Morgan fingerprint density at radius 1 is 1.15 bits per heavy atom. The number of carbonyl (C=O) groups excluding carboxylic acids is 1. The monoisotopic (exact) mass is 370 g/mol. The van der Waals surface area contributed by atoms with Crippen LogP contribution in [0.25, 0.3) is 0 Å². The summed E-state index contributed by atoms with van der Waals surface area (Å²) in [5.41, 5.74) is 2.19. The second-order valence-corrected chi connectivity index (χ2v) is 5.98. The van der Waals surface area contributed by atoms with Gasteiger partial charge in [-0.2, -0.15) is 0 Å². The highest BCUT2D eigenvalue weighted by Crippen LogP contribution is 2.24. The minimum absolute atomic E-state index is 0.0751. The molecule has 0 saturated carbocycles. The molecule has 3 aromatic rings. The summed E-state index contributed by atoms with van der Waals surface area (Å²) in [5, 5.41) is 6.31. The minimum atomic E-state index is -0.415. The highest BCUT2D eigenvalue weighted by molar-refractivity contribution is 6.31. The second-order valence-electron chi connectivity index (χ2n) is 5.58. The summed E-state index contributed by atoms with van der Waals surface area (Å²) in [6.45, 7) is 1.95. The third kappa shape index (κ3) is 4.15. The molecular weight excluding hydrogens is 355 g/mol. The molecule has 1 heterocycles. The number of amides is 1. The van der Waals surface area contributed by atoms with Crippen LogP contribution >= 0.6 is 11.6 Å². The maximum absolute atomic E-state index is 13.6. The van der Waals surface area contributed by atoms with Gasteiger partial charge < -0.3 is 10.6 Å². The maximum Gasteiger partial charge on any atom is 0.270 e. The van der Waals surface area contributed by atoms with Gasteiger partial charge in [0.2, 0.25) is 5.95 Å². The van der Waals surface area contributed by atoms with Crippen LogP contribution in [-0.2, 0) is 6.54 Å². The van der Waals surface area contributed by atoms with Crippen molar-refractivity contribution >= 4 is 29.1 Å². The van der Waals surface area contributed by atoms with E-state index in [1.165, 1.54) is 18.3 Å². The fourth-order valence-electron chi connectivity index (χ4n) is 2.32. The summed E-state index contributed by atoms with van der Waals surface area (Å²) in [6.07, 6.45) is 1.48. The summed E-state index contributed by atoms with van der Waals surface area (Å²) in [7, 11) is 0. The van der Waals surface area contributed by atoms with Gasteiger partial charge in [-0.15, -0.1) is 0 Å². The van der Waals surface area contributed by atoms with Gasteiger partial charge in [0.05, 0.1) is 0 Å². The van der Waals surface area contributed by atoms with Crippen LogP contribution in [0.15, 0.2) is 54.7 Å². The maximum atomic E-state index is 13.6. The Morgan fingerprint density at radius 3 is 2.77 bits per heavy atom. The second kappa shape index (κ2) is 7.93. The average molecular weight is 371 g/mol. The topological polar surface area (TPSA) is 66.9 Å². The van der Waals surface area contributed by atoms with Crippen molar-refractivity contribution in [2.45, 2.75) is 13.5 Å². The van der Waals surface area contributed by atoms with Crippen LogP contribution in [0.4, 0.5) is 16.0 Å². The Hall–Kier alpha value is -2.99. The van der Waals surface area contributed by atoms with Crippen molar-refractivity contribution < 1.29 is 9.18 Å². The molecule has 2 aromatic carbocycles. The molecular formula is C19H16ClFN4O. The Labute approximate surface area is 155 Å². The third-order valence-corrected chi connectivity index (χ3v) is 4.21. The first-order chi connectivity index (χ1) is 12.5. The molecule has 0 aliphatic rings. The predicted molar refractivity (Wildman–Crippen MR) is 99.1 cm³/mol. The van der Waals surface area contributed by atoms with E-state index in [0.29, 0.717) is 10.6 Å². The van der Waals surface area contributed by atoms with Crippen molar-refractivity contribution in [2.75, 3.05) is 5.32 Å². The zero-order chi connectivity index (χ0) is 18.5. The summed E-state index contributed by atoms with van der Waals surface area (Å²) in [6, 6.07) is 13.2. The Bertz CT molecular complexity index is 948. The van der Waals surface area contributed by atoms with Gasteiger partial charge in [-0.1, -0.05) is 35.9 Å². The number of anilines is 2. The molecule has 0 atom stereocenters. The van der Waals surface area contributed by atoms with E-state index >= 15 is 0 Å². The lowest BCUT2D eigenvalue weighted by atomic mass is 10.2. The number of halogens is 2. The van der Waals surface area contributed by atoms with Gasteiger partial charge in [0, 0.05) is 29.0 Å². The van der Waals surface area contributed by atoms with Crippen molar-refractivity contribution in [3.63, 3.8) is 0 Å². The summed E-state index contributed by atoms with van der Waals surface area (Å²) in [5.74, 6) is -0.510. The lowest BCUT2D eigenvalue weighted by molar-refractivity contribution is 0.0945. The standard InChI is InChI=1S/C19H16ClFN4O/c1-12-14(20)6-4-8-16(12)24-19-22-10-9-17(25-19)18(26)23-11-13-5-2-3-7-15(13)21/h2-10H,11H2,1H3,(H,23,26)(H,22,24,25). The molecule has 0 bridgehead atoms. The molecule has 0 fully saturated rings. The molecule has 7 heteroatoms. The number of carbonyl (C=O) groups is 1. The molecule has 2 N–H and O–H groups in total. The number of hydrogen-bond donors (Lipinski definition) is 2. The first-order valence-electron chi connectivity index (χ1n) is 7.91. The SMILES string of the molecule is Cc1c(Cl)cccc1Nc1nccc(C(=O)NCc2ccccc2F)n1. The molecule has 1 amide bonds. The number of nitrogens with one attached hydrogen (secondary N) is 2. The Kier molecular flexibility index (Phi) is 5.43. The molecule has 0 radical (unpaired) electrons. The van der Waals surface area contributed by atoms with Crippen molar-refractivity contribution in [1.29, 1.82) is 0 Å². The fourth-order valence-corrected chi connectivity index (χ4v) is 2.49. The van der Waals surface area contributed by atoms with Crippen molar-refractivity contribution in [1.82, 2.24) is 15.3 Å². The molecule has 0 aliphatic carbocycles. The lowest BCUT2D eigenvalue weighted by Gasteiger charge is -2.10. The van der Waals surface area contributed by atoms with Crippen molar-refractivity contribution in [3.8, 4) is 0 Å². The first kappa shape index (κ1) is 17.8. The Balaban J connectivity index is 1.71. The molecule has 0 saturated heterocycles. The summed E-state index contributed by atoms with van der Waals surface area (Å²) in [4.78, 5) is 20.6. The Morgan fingerprint density at radius 2 is 1.96 bits per heavy atom. The van der Waals surface area contributed by atoms with Crippen molar-refractivity contribution in [2.24, 2.45) is 0 Å². The zero-order valence-electron chi connectivity index (χ0n) is 14.0. The van der Waals surface area contributed by atoms with E-state index in [2.05, 4.69) is 20.6 Å². The third-order valence-electron chi connectivity index (χ3n) is 3.80. The van der Waals surface area contributed by atoms with Gasteiger partial charge in [-0.25, -0.2) is 14.4 Å². The molecule has 0 unspecified atom stereocenters. The van der Waals surface area contributed by atoms with Gasteiger partial charge in [-0.05, 0) is 36.8 Å². The van der Waals surface area contributed by atoms with Crippen LogP contribution in [0.2, 0.25) is 5.02 Å². The van der Waals surface area contributed by atoms with E-state index < -0.39 is 5.91 Å². The largest absolute Gasteiger partial charge is 0.347 e. The molecule has 1 aromatic heterocycles. The minimum Gasteiger partial charge on any atom is -0.347 e. The normalized spacial score (nSPS) is 10.4. The molecule has 3 rings (SSSR count). The highest BCUT2D eigenvalue weighted by atomic mass is 35.5. The fraction of sp³-hybridized carbons (Fsp3) is 0.105. The molecule has 0 spiro atoms. The van der Waals surface area contributed by atoms with Gasteiger partial charge in [0.15, 0.2) is 0 Å². The van der Waals surface area contributed by atoms with E-state index in [9.17, 15) is 9.18 Å².